The van der Waals surface area contributed by atoms with E-state index in [-0.39, 0.29) is 5.57 Å². The van der Waals surface area contributed by atoms with Crippen LogP contribution in [0.1, 0.15) is 12.5 Å². The first-order valence-electron chi connectivity index (χ1n) is 4.83. The maximum absolute atomic E-state index is 10.6. The van der Waals surface area contributed by atoms with Crippen molar-refractivity contribution in [2.75, 3.05) is 7.05 Å². The molecule has 0 amide bonds. The number of carboxylic acid groups (broad SMARTS) is 1. The van der Waals surface area contributed by atoms with Crippen molar-refractivity contribution in [3.05, 3.63) is 47.7 Å². The quantitative estimate of drug-likeness (QED) is 0.477. The molecule has 0 saturated heterocycles. The van der Waals surface area contributed by atoms with Crippen LogP contribution in [0.15, 0.2) is 47.2 Å². The van der Waals surface area contributed by atoms with E-state index in [4.69, 9.17) is 5.11 Å². The summed E-state index contributed by atoms with van der Waals surface area (Å²) in [6, 6.07) is 9.60. The Morgan fingerprint density at radius 1 is 1.38 bits per heavy atom. The number of hydrogen-bond acceptors (Lipinski definition) is 3. The lowest BCUT2D eigenvalue weighted by atomic mass is 10.2. The van der Waals surface area contributed by atoms with E-state index < -0.39 is 5.97 Å². The van der Waals surface area contributed by atoms with Crippen LogP contribution >= 0.6 is 0 Å². The minimum absolute atomic E-state index is 0.243. The first-order chi connectivity index (χ1) is 7.59. The predicted octanol–water partition coefficient (Wildman–Crippen LogP) is 1.94. The predicted molar refractivity (Wildman–Crippen MR) is 63.2 cm³/mol. The van der Waals surface area contributed by atoms with Crippen molar-refractivity contribution in [2.24, 2.45) is 5.10 Å². The SMILES string of the molecule is C/C(=C\N(C)/N=C/c1ccccc1)C(=O)O. The summed E-state index contributed by atoms with van der Waals surface area (Å²) in [7, 11) is 1.69. The zero-order valence-electron chi connectivity index (χ0n) is 9.29. The van der Waals surface area contributed by atoms with Crippen molar-refractivity contribution in [2.45, 2.75) is 6.92 Å². The third-order valence-electron chi connectivity index (χ3n) is 1.91. The molecule has 0 spiro atoms. The van der Waals surface area contributed by atoms with E-state index in [9.17, 15) is 4.79 Å². The Labute approximate surface area is 94.5 Å². The van der Waals surface area contributed by atoms with Gasteiger partial charge in [-0.1, -0.05) is 30.3 Å². The Morgan fingerprint density at radius 2 is 2.00 bits per heavy atom. The van der Waals surface area contributed by atoms with Gasteiger partial charge in [0.1, 0.15) is 0 Å². The second-order valence-electron chi connectivity index (χ2n) is 3.35. The number of nitrogens with zero attached hydrogens (tertiary/aromatic N) is 2. The van der Waals surface area contributed by atoms with E-state index in [0.29, 0.717) is 0 Å². The van der Waals surface area contributed by atoms with Crippen LogP contribution in [-0.4, -0.2) is 29.3 Å². The van der Waals surface area contributed by atoms with Gasteiger partial charge in [-0.25, -0.2) is 4.79 Å². The highest BCUT2D eigenvalue weighted by Crippen LogP contribution is 1.98. The molecule has 4 heteroatoms. The van der Waals surface area contributed by atoms with Crippen molar-refractivity contribution in [3.63, 3.8) is 0 Å². The van der Waals surface area contributed by atoms with Gasteiger partial charge in [0.15, 0.2) is 0 Å². The molecular weight excluding hydrogens is 204 g/mol. The molecule has 0 aliphatic heterocycles. The van der Waals surface area contributed by atoms with E-state index in [1.54, 1.807) is 13.3 Å². The van der Waals surface area contributed by atoms with Crippen LogP contribution in [0.4, 0.5) is 0 Å². The summed E-state index contributed by atoms with van der Waals surface area (Å²) in [5.41, 5.74) is 1.21. The van der Waals surface area contributed by atoms with Gasteiger partial charge in [0, 0.05) is 13.2 Å². The number of hydrogen-bond donors (Lipinski definition) is 1. The molecule has 1 aromatic carbocycles. The summed E-state index contributed by atoms with van der Waals surface area (Å²) in [6.07, 6.45) is 3.13. The molecule has 16 heavy (non-hydrogen) atoms. The lowest BCUT2D eigenvalue weighted by molar-refractivity contribution is -0.132. The van der Waals surface area contributed by atoms with Crippen LogP contribution in [0.3, 0.4) is 0 Å². The van der Waals surface area contributed by atoms with Crippen molar-refractivity contribution >= 4 is 12.2 Å². The van der Waals surface area contributed by atoms with Crippen LogP contribution < -0.4 is 0 Å². The Hall–Kier alpha value is -2.10. The molecule has 0 atom stereocenters. The molecule has 1 rings (SSSR count). The number of rotatable bonds is 4. The van der Waals surface area contributed by atoms with E-state index in [0.717, 1.165) is 5.56 Å². The number of aliphatic carboxylic acids is 1. The standard InChI is InChI=1S/C12H14N2O2/c1-10(12(15)16)9-14(2)13-8-11-6-4-3-5-7-11/h3-9H,1-2H3,(H,15,16)/b10-9+,13-8+. The maximum atomic E-state index is 10.6. The van der Waals surface area contributed by atoms with Crippen LogP contribution in [0.5, 0.6) is 0 Å². The van der Waals surface area contributed by atoms with E-state index in [2.05, 4.69) is 5.10 Å². The van der Waals surface area contributed by atoms with Crippen molar-refractivity contribution in [1.29, 1.82) is 0 Å². The number of carboxylic acids is 1. The van der Waals surface area contributed by atoms with Gasteiger partial charge in [-0.2, -0.15) is 5.10 Å². The van der Waals surface area contributed by atoms with Crippen molar-refractivity contribution in [3.8, 4) is 0 Å². The molecule has 0 unspecified atom stereocenters. The van der Waals surface area contributed by atoms with Crippen molar-refractivity contribution in [1.82, 2.24) is 5.01 Å². The number of hydrazone groups is 1. The van der Waals surface area contributed by atoms with Gasteiger partial charge in [-0.05, 0) is 12.5 Å². The van der Waals surface area contributed by atoms with Gasteiger partial charge in [-0.15, -0.1) is 0 Å². The Morgan fingerprint density at radius 3 is 2.56 bits per heavy atom. The average Bonchev–Trinajstić information content (AvgIpc) is 2.27. The van der Waals surface area contributed by atoms with Gasteiger partial charge in [0.25, 0.3) is 0 Å². The first kappa shape index (κ1) is 12.0. The third kappa shape index (κ3) is 3.96. The molecule has 0 aromatic heterocycles. The Kier molecular flexibility index (Phi) is 4.27. The monoisotopic (exact) mass is 218 g/mol. The van der Waals surface area contributed by atoms with Gasteiger partial charge >= 0.3 is 5.97 Å². The van der Waals surface area contributed by atoms with Crippen molar-refractivity contribution < 1.29 is 9.90 Å². The average molecular weight is 218 g/mol. The maximum Gasteiger partial charge on any atom is 0.332 e. The lowest BCUT2D eigenvalue weighted by Gasteiger charge is -2.06. The van der Waals surface area contributed by atoms with Gasteiger partial charge in [0.2, 0.25) is 0 Å². The molecule has 0 fully saturated rings. The molecule has 1 aromatic rings. The van der Waals surface area contributed by atoms with Crippen LogP contribution in [0.2, 0.25) is 0 Å². The van der Waals surface area contributed by atoms with Crippen LogP contribution in [0, 0.1) is 0 Å². The second kappa shape index (κ2) is 5.70. The molecule has 0 radical (unpaired) electrons. The summed E-state index contributed by atoms with van der Waals surface area (Å²) in [5, 5.41) is 14.2. The lowest BCUT2D eigenvalue weighted by Crippen LogP contribution is -2.06. The molecule has 1 N–H and O–H groups in total. The summed E-state index contributed by atoms with van der Waals surface area (Å²) >= 11 is 0. The minimum atomic E-state index is -0.943. The summed E-state index contributed by atoms with van der Waals surface area (Å²) < 4.78 is 0. The van der Waals surface area contributed by atoms with E-state index >= 15 is 0 Å². The first-order valence-corrected chi connectivity index (χ1v) is 4.83. The molecule has 0 aliphatic carbocycles. The highest BCUT2D eigenvalue weighted by Gasteiger charge is 1.99. The second-order valence-corrected chi connectivity index (χ2v) is 3.35. The zero-order valence-corrected chi connectivity index (χ0v) is 9.29. The van der Waals surface area contributed by atoms with Gasteiger partial charge in [-0.3, -0.25) is 5.01 Å². The highest BCUT2D eigenvalue weighted by atomic mass is 16.4. The van der Waals surface area contributed by atoms with Gasteiger partial charge in [0.05, 0.1) is 11.8 Å². The largest absolute Gasteiger partial charge is 0.478 e. The normalized spacial score (nSPS) is 11.8. The molecular formula is C12H14N2O2. The summed E-state index contributed by atoms with van der Waals surface area (Å²) in [5.74, 6) is -0.943. The minimum Gasteiger partial charge on any atom is -0.478 e. The van der Waals surface area contributed by atoms with E-state index in [1.807, 2.05) is 30.3 Å². The van der Waals surface area contributed by atoms with Gasteiger partial charge < -0.3 is 5.11 Å². The number of carbonyl (C=O) groups is 1. The van der Waals surface area contributed by atoms with Crippen LogP contribution in [-0.2, 0) is 4.79 Å². The summed E-state index contributed by atoms with van der Waals surface area (Å²) in [6.45, 7) is 1.52. The molecule has 0 heterocycles. The Bertz CT molecular complexity index is 410. The fourth-order valence-corrected chi connectivity index (χ4v) is 1.07. The highest BCUT2D eigenvalue weighted by molar-refractivity contribution is 5.85. The topological polar surface area (TPSA) is 52.9 Å². The zero-order chi connectivity index (χ0) is 12.0. The fraction of sp³-hybridized carbons (Fsp3) is 0.167. The molecule has 0 aliphatic rings. The van der Waals surface area contributed by atoms with Crippen LogP contribution in [0.25, 0.3) is 0 Å². The number of benzene rings is 1. The Balaban J connectivity index is 2.65. The molecule has 0 bridgehead atoms. The van der Waals surface area contributed by atoms with E-state index in [1.165, 1.54) is 18.1 Å². The molecule has 0 saturated carbocycles. The summed E-state index contributed by atoms with van der Waals surface area (Å²) in [4.78, 5) is 10.6. The third-order valence-corrected chi connectivity index (χ3v) is 1.91. The smallest absolute Gasteiger partial charge is 0.332 e. The molecule has 4 nitrogen and oxygen atoms in total. The molecule has 84 valence electrons. The fourth-order valence-electron chi connectivity index (χ4n) is 1.07.